The summed E-state index contributed by atoms with van der Waals surface area (Å²) in [4.78, 5) is 5.89. The second kappa shape index (κ2) is 6.61. The van der Waals surface area contributed by atoms with E-state index >= 15 is 0 Å². The van der Waals surface area contributed by atoms with Crippen LogP contribution in [-0.4, -0.2) is 17.6 Å². The normalized spacial score (nSPS) is 11.4. The van der Waals surface area contributed by atoms with E-state index in [-0.39, 0.29) is 0 Å². The number of hydrogen-bond donors (Lipinski definition) is 1. The van der Waals surface area contributed by atoms with Crippen LogP contribution < -0.4 is 5.32 Å². The lowest BCUT2D eigenvalue weighted by molar-refractivity contribution is 0.588. The Balaban J connectivity index is 2.01. The number of nitrogens with one attached hydrogen (secondary N) is 1. The summed E-state index contributed by atoms with van der Waals surface area (Å²) in [5.74, 6) is 0. The van der Waals surface area contributed by atoms with Gasteiger partial charge in [-0.1, -0.05) is 13.8 Å². The third-order valence-electron chi connectivity index (χ3n) is 2.34. The van der Waals surface area contributed by atoms with E-state index in [2.05, 4.69) is 67.5 Å². The molecule has 2 aromatic heterocycles. The monoisotopic (exact) mass is 408 g/mol. The molecule has 6 heteroatoms. The molecule has 0 amide bonds. The summed E-state index contributed by atoms with van der Waals surface area (Å²) in [6, 6.07) is 2.65. The second-order valence-electron chi connectivity index (χ2n) is 4.24. The topological polar surface area (TPSA) is 24.9 Å². The number of rotatable bonds is 5. The van der Waals surface area contributed by atoms with E-state index in [1.807, 2.05) is 0 Å². The fraction of sp³-hybridized carbons (Fsp3) is 0.417. The molecule has 0 spiro atoms. The third kappa shape index (κ3) is 3.87. The van der Waals surface area contributed by atoms with Crippen LogP contribution in [0.4, 0.5) is 0 Å². The maximum absolute atomic E-state index is 4.68. The first-order valence-electron chi connectivity index (χ1n) is 5.69. The van der Waals surface area contributed by atoms with Crippen LogP contribution >= 0.6 is 54.5 Å². The molecule has 0 aromatic carbocycles. The van der Waals surface area contributed by atoms with Gasteiger partial charge in [-0.2, -0.15) is 0 Å². The van der Waals surface area contributed by atoms with E-state index < -0.39 is 0 Å². The Bertz CT molecular complexity index is 500. The van der Waals surface area contributed by atoms with Crippen LogP contribution in [0.1, 0.15) is 19.5 Å². The second-order valence-corrected chi connectivity index (χ2v) is 8.32. The molecule has 0 fully saturated rings. The fourth-order valence-corrected chi connectivity index (χ4v) is 4.43. The van der Waals surface area contributed by atoms with Crippen molar-refractivity contribution in [3.63, 3.8) is 0 Å². The van der Waals surface area contributed by atoms with Crippen molar-refractivity contribution in [1.82, 2.24) is 10.3 Å². The van der Waals surface area contributed by atoms with Crippen molar-refractivity contribution < 1.29 is 0 Å². The first-order valence-corrected chi connectivity index (χ1v) is 8.97. The van der Waals surface area contributed by atoms with Crippen molar-refractivity contribution in [2.24, 2.45) is 0 Å². The molecule has 0 bridgehead atoms. The van der Waals surface area contributed by atoms with Crippen LogP contribution in [0.25, 0.3) is 9.88 Å². The average Bonchev–Trinajstić information content (AvgIpc) is 2.87. The first-order chi connectivity index (χ1) is 8.56. The summed E-state index contributed by atoms with van der Waals surface area (Å²) in [7, 11) is 0. The van der Waals surface area contributed by atoms with Crippen LogP contribution in [0, 0.1) is 0 Å². The van der Waals surface area contributed by atoms with Crippen LogP contribution in [0.3, 0.4) is 0 Å². The van der Waals surface area contributed by atoms with Crippen molar-refractivity contribution in [1.29, 1.82) is 0 Å². The molecule has 2 nitrogen and oxygen atoms in total. The molecule has 2 rings (SSSR count). The van der Waals surface area contributed by atoms with Gasteiger partial charge in [0, 0.05) is 28.9 Å². The maximum Gasteiger partial charge on any atom is 0.133 e. The fourth-order valence-electron chi connectivity index (χ4n) is 1.48. The zero-order valence-corrected chi connectivity index (χ0v) is 15.0. The van der Waals surface area contributed by atoms with Crippen LogP contribution in [0.5, 0.6) is 0 Å². The van der Waals surface area contributed by atoms with Gasteiger partial charge in [0.25, 0.3) is 0 Å². The molecule has 0 radical (unpaired) electrons. The van der Waals surface area contributed by atoms with E-state index in [0.717, 1.165) is 26.2 Å². The number of thiophene rings is 1. The van der Waals surface area contributed by atoms with Crippen LogP contribution in [-0.2, 0) is 6.42 Å². The molecule has 0 saturated carbocycles. The Morgan fingerprint density at radius 1 is 1.39 bits per heavy atom. The van der Waals surface area contributed by atoms with Crippen LogP contribution in [0.15, 0.2) is 19.7 Å². The van der Waals surface area contributed by atoms with E-state index in [0.29, 0.717) is 6.04 Å². The molecule has 0 aliphatic heterocycles. The highest BCUT2D eigenvalue weighted by Gasteiger charge is 2.10. The van der Waals surface area contributed by atoms with E-state index in [9.17, 15) is 0 Å². The molecule has 2 aromatic rings. The number of aromatic nitrogens is 1. The Kier molecular flexibility index (Phi) is 5.38. The quantitative estimate of drug-likeness (QED) is 0.756. The highest BCUT2D eigenvalue weighted by molar-refractivity contribution is 9.13. The van der Waals surface area contributed by atoms with Gasteiger partial charge in [0.1, 0.15) is 5.01 Å². The molecule has 0 unspecified atom stereocenters. The van der Waals surface area contributed by atoms with Crippen molar-refractivity contribution in [3.8, 4) is 9.88 Å². The number of thiazole rings is 1. The minimum Gasteiger partial charge on any atom is -0.314 e. The third-order valence-corrected chi connectivity index (χ3v) is 6.66. The molecular formula is C12H14Br2N2S2. The summed E-state index contributed by atoms with van der Waals surface area (Å²) in [6.07, 6.45) is 0.988. The SMILES string of the molecule is CC(C)NCCc1csc(-c2cc(Br)c(Br)s2)n1. The lowest BCUT2D eigenvalue weighted by Gasteiger charge is -2.05. The molecule has 0 aliphatic carbocycles. The first kappa shape index (κ1) is 14.7. The van der Waals surface area contributed by atoms with Gasteiger partial charge in [-0.05, 0) is 37.9 Å². The van der Waals surface area contributed by atoms with E-state index in [4.69, 9.17) is 0 Å². The van der Waals surface area contributed by atoms with Gasteiger partial charge in [-0.3, -0.25) is 0 Å². The lowest BCUT2D eigenvalue weighted by Crippen LogP contribution is -2.24. The minimum absolute atomic E-state index is 0.535. The Labute approximate surface area is 132 Å². The van der Waals surface area contributed by atoms with Crippen molar-refractivity contribution in [2.45, 2.75) is 26.3 Å². The van der Waals surface area contributed by atoms with Crippen molar-refractivity contribution in [3.05, 3.63) is 25.4 Å². The van der Waals surface area contributed by atoms with Gasteiger partial charge >= 0.3 is 0 Å². The van der Waals surface area contributed by atoms with Gasteiger partial charge in [0.05, 0.1) is 14.4 Å². The van der Waals surface area contributed by atoms with Gasteiger partial charge in [-0.15, -0.1) is 22.7 Å². The molecule has 0 atom stereocenters. The minimum atomic E-state index is 0.535. The summed E-state index contributed by atoms with van der Waals surface area (Å²) in [6.45, 7) is 5.30. The molecule has 18 heavy (non-hydrogen) atoms. The number of halogens is 2. The summed E-state index contributed by atoms with van der Waals surface area (Å²) >= 11 is 10.4. The summed E-state index contributed by atoms with van der Waals surface area (Å²) in [5.41, 5.74) is 1.17. The summed E-state index contributed by atoms with van der Waals surface area (Å²) < 4.78 is 2.22. The summed E-state index contributed by atoms with van der Waals surface area (Å²) in [5, 5.41) is 6.66. The molecular weight excluding hydrogens is 396 g/mol. The standard InChI is InChI=1S/C12H14Br2N2S2/c1-7(2)15-4-3-8-6-17-12(16-8)10-5-9(13)11(14)18-10/h5-7,15H,3-4H2,1-2H3. The van der Waals surface area contributed by atoms with E-state index in [1.165, 1.54) is 10.6 Å². The van der Waals surface area contributed by atoms with Gasteiger partial charge in [0.2, 0.25) is 0 Å². The van der Waals surface area contributed by atoms with Crippen molar-refractivity contribution in [2.75, 3.05) is 6.54 Å². The Morgan fingerprint density at radius 2 is 2.17 bits per heavy atom. The Hall–Kier alpha value is 0.250. The molecule has 2 heterocycles. The highest BCUT2D eigenvalue weighted by atomic mass is 79.9. The van der Waals surface area contributed by atoms with Gasteiger partial charge in [-0.25, -0.2) is 4.98 Å². The zero-order valence-electron chi connectivity index (χ0n) is 10.2. The Morgan fingerprint density at radius 3 is 2.78 bits per heavy atom. The lowest BCUT2D eigenvalue weighted by atomic mass is 10.3. The predicted octanol–water partition coefficient (Wildman–Crippen LogP) is 4.94. The predicted molar refractivity (Wildman–Crippen MR) is 87.7 cm³/mol. The maximum atomic E-state index is 4.68. The molecule has 98 valence electrons. The van der Waals surface area contributed by atoms with Gasteiger partial charge in [0.15, 0.2) is 0 Å². The molecule has 0 saturated heterocycles. The van der Waals surface area contributed by atoms with E-state index in [1.54, 1.807) is 22.7 Å². The molecule has 0 aliphatic rings. The largest absolute Gasteiger partial charge is 0.314 e. The van der Waals surface area contributed by atoms with Crippen LogP contribution in [0.2, 0.25) is 0 Å². The zero-order chi connectivity index (χ0) is 13.1. The molecule has 1 N–H and O–H groups in total. The highest BCUT2D eigenvalue weighted by Crippen LogP contribution is 2.39. The van der Waals surface area contributed by atoms with Crippen molar-refractivity contribution >= 4 is 54.5 Å². The van der Waals surface area contributed by atoms with Gasteiger partial charge < -0.3 is 5.32 Å². The smallest absolute Gasteiger partial charge is 0.133 e. The number of hydrogen-bond acceptors (Lipinski definition) is 4. The average molecular weight is 410 g/mol. The number of nitrogens with zero attached hydrogens (tertiary/aromatic N) is 1.